The number of nitrogens with zero attached hydrogens (tertiary/aromatic N) is 2. The second kappa shape index (κ2) is 6.96. The van der Waals surface area contributed by atoms with Crippen LogP contribution in [-0.2, 0) is 0 Å². The van der Waals surface area contributed by atoms with Gasteiger partial charge in [0.25, 0.3) is 11.1 Å². The Balaban J connectivity index is 0.000000211. The summed E-state index contributed by atoms with van der Waals surface area (Å²) in [5.41, 5.74) is -1.80. The van der Waals surface area contributed by atoms with E-state index in [1.807, 2.05) is 0 Å². The predicted molar refractivity (Wildman–Crippen MR) is 68.6 cm³/mol. The molecule has 110 valence electrons. The Morgan fingerprint density at radius 1 is 1.05 bits per heavy atom. The number of hydrogen-bond acceptors (Lipinski definition) is 6. The number of halogens is 1. The van der Waals surface area contributed by atoms with Gasteiger partial charge in [-0.1, -0.05) is 11.6 Å². The van der Waals surface area contributed by atoms with Crippen molar-refractivity contribution in [3.63, 3.8) is 0 Å². The summed E-state index contributed by atoms with van der Waals surface area (Å²) in [7, 11) is 0. The molecule has 0 atom stereocenters. The number of nitrogens with one attached hydrogen (secondary N) is 2. The van der Waals surface area contributed by atoms with Crippen molar-refractivity contribution in [1.29, 1.82) is 0 Å². The molecule has 0 saturated heterocycles. The SMILES string of the molecule is O=C(O)c1cc(=O)[nH]cn1.O=C(O)c1nc[nH]c(=O)c1Cl. The molecule has 0 bridgehead atoms. The number of H-pyrrole nitrogens is 2. The Bertz CT molecular complexity index is 783. The van der Waals surface area contributed by atoms with E-state index in [1.54, 1.807) is 0 Å². The minimum Gasteiger partial charge on any atom is -0.477 e. The van der Waals surface area contributed by atoms with E-state index in [4.69, 9.17) is 21.8 Å². The minimum absolute atomic E-state index is 0.247. The molecular formula is C10H7ClN4O6. The first-order chi connectivity index (χ1) is 9.82. The van der Waals surface area contributed by atoms with Gasteiger partial charge in [0.05, 0.1) is 12.7 Å². The Kier molecular flexibility index (Phi) is 5.31. The highest BCUT2D eigenvalue weighted by molar-refractivity contribution is 6.32. The number of rotatable bonds is 2. The Morgan fingerprint density at radius 3 is 2.10 bits per heavy atom. The van der Waals surface area contributed by atoms with Crippen LogP contribution in [0, 0.1) is 0 Å². The molecule has 0 fully saturated rings. The van der Waals surface area contributed by atoms with Gasteiger partial charge in [-0.3, -0.25) is 9.59 Å². The normalized spacial score (nSPS) is 9.38. The fourth-order valence-electron chi connectivity index (χ4n) is 1.02. The topological polar surface area (TPSA) is 166 Å². The van der Waals surface area contributed by atoms with E-state index in [9.17, 15) is 19.2 Å². The van der Waals surface area contributed by atoms with E-state index in [0.29, 0.717) is 0 Å². The lowest BCUT2D eigenvalue weighted by Crippen LogP contribution is -2.13. The largest absolute Gasteiger partial charge is 0.477 e. The van der Waals surface area contributed by atoms with Crippen molar-refractivity contribution in [2.45, 2.75) is 0 Å². The number of carboxylic acid groups (broad SMARTS) is 2. The van der Waals surface area contributed by atoms with Crippen LogP contribution in [-0.4, -0.2) is 42.1 Å². The molecule has 0 unspecified atom stereocenters. The third-order valence-corrected chi connectivity index (χ3v) is 2.25. The fraction of sp³-hybridized carbons (Fsp3) is 0. The molecule has 0 spiro atoms. The van der Waals surface area contributed by atoms with Gasteiger partial charge in [-0.05, 0) is 0 Å². The van der Waals surface area contributed by atoms with Gasteiger partial charge in [-0.25, -0.2) is 19.6 Å². The summed E-state index contributed by atoms with van der Waals surface area (Å²) < 4.78 is 0. The number of carboxylic acids is 2. The van der Waals surface area contributed by atoms with Crippen LogP contribution in [0.2, 0.25) is 5.02 Å². The highest BCUT2D eigenvalue weighted by Crippen LogP contribution is 2.04. The molecule has 0 radical (unpaired) electrons. The Labute approximate surface area is 120 Å². The number of aromatic amines is 2. The summed E-state index contributed by atoms with van der Waals surface area (Å²) in [5.74, 6) is -2.52. The van der Waals surface area contributed by atoms with Crippen molar-refractivity contribution in [1.82, 2.24) is 19.9 Å². The summed E-state index contributed by atoms with van der Waals surface area (Å²) in [6, 6.07) is 0.919. The summed E-state index contributed by atoms with van der Waals surface area (Å²) in [5, 5.41) is 16.3. The minimum atomic E-state index is -1.32. The number of hydrogen-bond donors (Lipinski definition) is 4. The van der Waals surface area contributed by atoms with Crippen molar-refractivity contribution in [3.8, 4) is 0 Å². The fourth-order valence-corrected chi connectivity index (χ4v) is 1.20. The molecule has 0 aliphatic heterocycles. The zero-order valence-electron chi connectivity index (χ0n) is 10.0. The number of aromatic nitrogens is 4. The molecule has 0 aliphatic rings. The van der Waals surface area contributed by atoms with Gasteiger partial charge in [0.1, 0.15) is 5.02 Å². The first kappa shape index (κ1) is 16.0. The lowest BCUT2D eigenvalue weighted by atomic mass is 10.4. The van der Waals surface area contributed by atoms with Crippen LogP contribution in [0.1, 0.15) is 21.0 Å². The molecule has 2 aromatic heterocycles. The molecular weight excluding hydrogens is 308 g/mol. The summed E-state index contributed by atoms with van der Waals surface area (Å²) in [6.45, 7) is 0. The first-order valence-electron chi connectivity index (χ1n) is 5.07. The zero-order chi connectivity index (χ0) is 16.0. The molecule has 2 aromatic rings. The molecule has 0 aliphatic carbocycles. The Hall–Kier alpha value is -3.01. The van der Waals surface area contributed by atoms with Crippen molar-refractivity contribution in [3.05, 3.63) is 55.8 Å². The number of carbonyl (C=O) groups is 2. The monoisotopic (exact) mass is 314 g/mol. The van der Waals surface area contributed by atoms with E-state index in [0.717, 1.165) is 18.7 Å². The highest BCUT2D eigenvalue weighted by atomic mass is 35.5. The average molecular weight is 315 g/mol. The van der Waals surface area contributed by atoms with Crippen LogP contribution in [0.4, 0.5) is 0 Å². The standard InChI is InChI=1S/C5H3ClN2O3.C5H4N2O3/c6-2-3(5(10)11)7-1-8-4(2)9;8-4-1-3(5(9)10)6-2-7-4/h1H,(H,10,11)(H,7,8,9);1-2H,(H,9,10)(H,6,7,8). The molecule has 0 aromatic carbocycles. The van der Waals surface area contributed by atoms with Gasteiger partial charge in [-0.2, -0.15) is 0 Å². The van der Waals surface area contributed by atoms with Crippen molar-refractivity contribution >= 4 is 23.5 Å². The quantitative estimate of drug-likeness (QED) is 0.580. The second-order valence-electron chi connectivity index (χ2n) is 3.30. The van der Waals surface area contributed by atoms with Crippen LogP contribution in [0.15, 0.2) is 28.3 Å². The first-order valence-corrected chi connectivity index (χ1v) is 5.45. The van der Waals surface area contributed by atoms with Gasteiger partial charge < -0.3 is 20.2 Å². The molecule has 2 rings (SSSR count). The molecule has 11 heteroatoms. The van der Waals surface area contributed by atoms with E-state index < -0.39 is 33.8 Å². The summed E-state index contributed by atoms with van der Waals surface area (Å²) in [6.07, 6.45) is 2.03. The van der Waals surface area contributed by atoms with Crippen molar-refractivity contribution in [2.75, 3.05) is 0 Å². The van der Waals surface area contributed by atoms with E-state index in [2.05, 4.69) is 19.9 Å². The maximum Gasteiger partial charge on any atom is 0.356 e. The van der Waals surface area contributed by atoms with E-state index in [1.165, 1.54) is 0 Å². The van der Waals surface area contributed by atoms with Crippen LogP contribution < -0.4 is 11.1 Å². The smallest absolute Gasteiger partial charge is 0.356 e. The third-order valence-electron chi connectivity index (χ3n) is 1.90. The van der Waals surface area contributed by atoms with Gasteiger partial charge >= 0.3 is 11.9 Å². The second-order valence-corrected chi connectivity index (χ2v) is 3.68. The average Bonchev–Trinajstić information content (AvgIpc) is 2.42. The van der Waals surface area contributed by atoms with Gasteiger partial charge in [0.15, 0.2) is 11.4 Å². The van der Waals surface area contributed by atoms with Gasteiger partial charge in [0.2, 0.25) is 0 Å². The van der Waals surface area contributed by atoms with Crippen LogP contribution in [0.3, 0.4) is 0 Å². The third kappa shape index (κ3) is 4.54. The molecule has 0 saturated carbocycles. The van der Waals surface area contributed by atoms with Gasteiger partial charge in [0, 0.05) is 6.07 Å². The van der Waals surface area contributed by atoms with Crippen LogP contribution in [0.25, 0.3) is 0 Å². The number of aromatic carboxylic acids is 2. The predicted octanol–water partition coefficient (Wildman–Crippen LogP) is -0.410. The van der Waals surface area contributed by atoms with E-state index >= 15 is 0 Å². The molecule has 4 N–H and O–H groups in total. The highest BCUT2D eigenvalue weighted by Gasteiger charge is 2.11. The van der Waals surface area contributed by atoms with Crippen molar-refractivity contribution in [2.24, 2.45) is 0 Å². The molecule has 10 nitrogen and oxygen atoms in total. The lowest BCUT2D eigenvalue weighted by Gasteiger charge is -1.92. The zero-order valence-corrected chi connectivity index (χ0v) is 10.8. The van der Waals surface area contributed by atoms with Crippen LogP contribution in [0.5, 0.6) is 0 Å². The molecule has 2 heterocycles. The molecule has 0 amide bonds. The summed E-state index contributed by atoms with van der Waals surface area (Å²) in [4.78, 5) is 52.6. The lowest BCUT2D eigenvalue weighted by molar-refractivity contribution is 0.0679. The maximum atomic E-state index is 10.7. The van der Waals surface area contributed by atoms with Crippen LogP contribution >= 0.6 is 11.6 Å². The molecule has 21 heavy (non-hydrogen) atoms. The van der Waals surface area contributed by atoms with Gasteiger partial charge in [-0.15, -0.1) is 0 Å². The summed E-state index contributed by atoms with van der Waals surface area (Å²) >= 11 is 5.30. The van der Waals surface area contributed by atoms with E-state index in [-0.39, 0.29) is 5.69 Å². The maximum absolute atomic E-state index is 10.7. The van der Waals surface area contributed by atoms with Crippen molar-refractivity contribution < 1.29 is 19.8 Å². The Morgan fingerprint density at radius 2 is 1.67 bits per heavy atom.